The van der Waals surface area contributed by atoms with Gasteiger partial charge in [-0.2, -0.15) is 0 Å². The van der Waals surface area contributed by atoms with Gasteiger partial charge in [0.1, 0.15) is 5.15 Å². The first kappa shape index (κ1) is 7.31. The smallest absolute Gasteiger partial charge is 0.190 e. The van der Waals surface area contributed by atoms with Crippen LogP contribution in [-0.4, -0.2) is 9.97 Å². The van der Waals surface area contributed by atoms with E-state index in [1.54, 1.807) is 12.3 Å². The van der Waals surface area contributed by atoms with Gasteiger partial charge in [-0.05, 0) is 6.07 Å². The summed E-state index contributed by atoms with van der Waals surface area (Å²) in [5.74, 6) is 0. The molecule has 0 unspecified atom stereocenters. The molecule has 12 heavy (non-hydrogen) atoms. The molecule has 0 fully saturated rings. The van der Waals surface area contributed by atoms with Gasteiger partial charge in [-0.25, -0.2) is 4.98 Å². The van der Waals surface area contributed by atoms with Crippen LogP contribution in [0.3, 0.4) is 0 Å². The van der Waals surface area contributed by atoms with Gasteiger partial charge >= 0.3 is 0 Å². The predicted molar refractivity (Wildman–Crippen MR) is 47.4 cm³/mol. The molecular formula is C8H5ClN2O. The molecule has 0 saturated heterocycles. The first-order valence-corrected chi connectivity index (χ1v) is 3.78. The van der Waals surface area contributed by atoms with Crippen molar-refractivity contribution in [1.82, 2.24) is 9.97 Å². The second kappa shape index (κ2) is 2.60. The summed E-state index contributed by atoms with van der Waals surface area (Å²) >= 11 is 5.64. The third-order valence-corrected chi connectivity index (χ3v) is 1.82. The number of aromatic amines is 1. The van der Waals surface area contributed by atoms with Crippen molar-refractivity contribution in [2.75, 3.05) is 0 Å². The SMILES string of the molecule is O=c1cc[nH]c2cc(Cl)ncc12. The van der Waals surface area contributed by atoms with Gasteiger partial charge in [0.15, 0.2) is 5.43 Å². The number of nitrogens with zero attached hydrogens (tertiary/aromatic N) is 1. The van der Waals surface area contributed by atoms with E-state index < -0.39 is 0 Å². The Balaban J connectivity index is 2.96. The Bertz CT molecular complexity index is 478. The molecule has 0 spiro atoms. The molecule has 0 saturated carbocycles. The molecule has 0 bridgehead atoms. The van der Waals surface area contributed by atoms with E-state index in [0.29, 0.717) is 16.1 Å². The molecule has 0 amide bonds. The van der Waals surface area contributed by atoms with E-state index in [1.807, 2.05) is 0 Å². The minimum atomic E-state index is -0.0482. The highest BCUT2D eigenvalue weighted by molar-refractivity contribution is 6.29. The lowest BCUT2D eigenvalue weighted by Gasteiger charge is -1.94. The van der Waals surface area contributed by atoms with Gasteiger partial charge in [-0.1, -0.05) is 11.6 Å². The molecule has 0 aliphatic carbocycles. The molecule has 2 aromatic rings. The number of halogens is 1. The molecular weight excluding hydrogens is 176 g/mol. The molecule has 0 aromatic carbocycles. The molecule has 0 atom stereocenters. The van der Waals surface area contributed by atoms with Crippen LogP contribution in [0.5, 0.6) is 0 Å². The Morgan fingerprint density at radius 1 is 1.50 bits per heavy atom. The second-order valence-corrected chi connectivity index (χ2v) is 2.78. The third kappa shape index (κ3) is 1.08. The first-order chi connectivity index (χ1) is 5.77. The Kier molecular flexibility index (Phi) is 1.59. The van der Waals surface area contributed by atoms with Gasteiger partial charge in [-0.15, -0.1) is 0 Å². The summed E-state index contributed by atoms with van der Waals surface area (Å²) in [7, 11) is 0. The van der Waals surface area contributed by atoms with Crippen molar-refractivity contribution in [3.05, 3.63) is 39.9 Å². The van der Waals surface area contributed by atoms with E-state index in [2.05, 4.69) is 9.97 Å². The molecule has 1 N–H and O–H groups in total. The van der Waals surface area contributed by atoms with Crippen molar-refractivity contribution < 1.29 is 0 Å². The monoisotopic (exact) mass is 180 g/mol. The highest BCUT2D eigenvalue weighted by Crippen LogP contribution is 2.10. The van der Waals surface area contributed by atoms with Crippen LogP contribution >= 0.6 is 11.6 Å². The summed E-state index contributed by atoms with van der Waals surface area (Å²) in [4.78, 5) is 17.9. The van der Waals surface area contributed by atoms with E-state index in [9.17, 15) is 4.79 Å². The number of rotatable bonds is 0. The van der Waals surface area contributed by atoms with Crippen LogP contribution < -0.4 is 5.43 Å². The van der Waals surface area contributed by atoms with Gasteiger partial charge in [0, 0.05) is 18.5 Å². The van der Waals surface area contributed by atoms with Gasteiger partial charge < -0.3 is 4.98 Å². The van der Waals surface area contributed by atoms with Crippen molar-refractivity contribution in [2.45, 2.75) is 0 Å². The van der Waals surface area contributed by atoms with Crippen LogP contribution in [0.25, 0.3) is 10.9 Å². The average molecular weight is 181 g/mol. The summed E-state index contributed by atoms with van der Waals surface area (Å²) in [6.07, 6.45) is 3.05. The van der Waals surface area contributed by atoms with Crippen molar-refractivity contribution >= 4 is 22.5 Å². The lowest BCUT2D eigenvalue weighted by Crippen LogP contribution is -2.00. The lowest BCUT2D eigenvalue weighted by atomic mass is 10.3. The van der Waals surface area contributed by atoms with Gasteiger partial charge in [0.25, 0.3) is 0 Å². The van der Waals surface area contributed by atoms with Gasteiger partial charge in [-0.3, -0.25) is 4.79 Å². The minimum absolute atomic E-state index is 0.0482. The van der Waals surface area contributed by atoms with E-state index in [4.69, 9.17) is 11.6 Å². The largest absolute Gasteiger partial charge is 0.361 e. The zero-order chi connectivity index (χ0) is 8.55. The first-order valence-electron chi connectivity index (χ1n) is 3.40. The summed E-state index contributed by atoms with van der Waals surface area (Å²) in [6, 6.07) is 3.08. The summed E-state index contributed by atoms with van der Waals surface area (Å²) in [5.41, 5.74) is 0.662. The topological polar surface area (TPSA) is 45.8 Å². The Hall–Kier alpha value is -1.35. The standard InChI is InChI=1S/C8H5ClN2O/c9-8-3-6-5(4-11-8)7(12)1-2-10-6/h1-4H,(H,10,12). The maximum atomic E-state index is 11.2. The molecule has 2 heterocycles. The van der Waals surface area contributed by atoms with Crippen molar-refractivity contribution in [1.29, 1.82) is 0 Å². The van der Waals surface area contributed by atoms with E-state index in [-0.39, 0.29) is 5.43 Å². The third-order valence-electron chi connectivity index (χ3n) is 1.61. The van der Waals surface area contributed by atoms with Crippen LogP contribution in [0, 0.1) is 0 Å². The number of aromatic nitrogens is 2. The summed E-state index contributed by atoms with van der Waals surface area (Å²) < 4.78 is 0. The maximum absolute atomic E-state index is 11.2. The van der Waals surface area contributed by atoms with E-state index >= 15 is 0 Å². The fourth-order valence-electron chi connectivity index (χ4n) is 1.04. The number of hydrogen-bond acceptors (Lipinski definition) is 2. The normalized spacial score (nSPS) is 10.4. The highest BCUT2D eigenvalue weighted by atomic mass is 35.5. The van der Waals surface area contributed by atoms with Crippen LogP contribution in [-0.2, 0) is 0 Å². The van der Waals surface area contributed by atoms with Crippen LogP contribution in [0.2, 0.25) is 5.15 Å². The number of fused-ring (bicyclic) bond motifs is 1. The number of H-pyrrole nitrogens is 1. The molecule has 0 aliphatic heterocycles. The number of nitrogens with one attached hydrogen (secondary N) is 1. The van der Waals surface area contributed by atoms with E-state index in [1.165, 1.54) is 12.3 Å². The maximum Gasteiger partial charge on any atom is 0.190 e. The zero-order valence-corrected chi connectivity index (χ0v) is 6.80. The second-order valence-electron chi connectivity index (χ2n) is 2.39. The van der Waals surface area contributed by atoms with Crippen LogP contribution in [0.1, 0.15) is 0 Å². The molecule has 2 aromatic heterocycles. The summed E-state index contributed by atoms with van der Waals surface area (Å²) in [6.45, 7) is 0. The molecule has 60 valence electrons. The highest BCUT2D eigenvalue weighted by Gasteiger charge is 1.97. The predicted octanol–water partition coefficient (Wildman–Crippen LogP) is 1.58. The Morgan fingerprint density at radius 3 is 3.17 bits per heavy atom. The fourth-order valence-corrected chi connectivity index (χ4v) is 1.20. The van der Waals surface area contributed by atoms with Crippen LogP contribution in [0.4, 0.5) is 0 Å². The minimum Gasteiger partial charge on any atom is -0.361 e. The van der Waals surface area contributed by atoms with Gasteiger partial charge in [0.2, 0.25) is 0 Å². The Labute approximate surface area is 73.0 Å². The van der Waals surface area contributed by atoms with Crippen molar-refractivity contribution in [2.24, 2.45) is 0 Å². The zero-order valence-electron chi connectivity index (χ0n) is 6.04. The van der Waals surface area contributed by atoms with Crippen molar-refractivity contribution in [3.63, 3.8) is 0 Å². The van der Waals surface area contributed by atoms with Crippen molar-refractivity contribution in [3.8, 4) is 0 Å². The van der Waals surface area contributed by atoms with Crippen LogP contribution in [0.15, 0.2) is 29.3 Å². The quantitative estimate of drug-likeness (QED) is 0.626. The van der Waals surface area contributed by atoms with Gasteiger partial charge in [0.05, 0.1) is 10.9 Å². The molecule has 3 nitrogen and oxygen atoms in total. The van der Waals surface area contributed by atoms with E-state index in [0.717, 1.165) is 0 Å². The average Bonchev–Trinajstić information content (AvgIpc) is 2.04. The number of hydrogen-bond donors (Lipinski definition) is 1. The number of pyridine rings is 2. The fraction of sp³-hybridized carbons (Fsp3) is 0. The molecule has 4 heteroatoms. The molecule has 2 rings (SSSR count). The summed E-state index contributed by atoms with van der Waals surface area (Å²) in [5, 5.41) is 0.936. The molecule has 0 radical (unpaired) electrons. The Morgan fingerprint density at radius 2 is 2.33 bits per heavy atom. The molecule has 0 aliphatic rings. The lowest BCUT2D eigenvalue weighted by molar-refractivity contribution is 1.31.